The SMILES string of the molecule is Cl.NC1CCC2CN(S(=O)(=O)N3CCOCC3)CC12. The van der Waals surface area contributed by atoms with E-state index in [-0.39, 0.29) is 18.4 Å². The Morgan fingerprint density at radius 2 is 1.74 bits per heavy atom. The topological polar surface area (TPSA) is 75.9 Å². The van der Waals surface area contributed by atoms with Crippen LogP contribution in [0.5, 0.6) is 0 Å². The molecule has 0 aromatic rings. The van der Waals surface area contributed by atoms with E-state index in [1.54, 1.807) is 8.61 Å². The van der Waals surface area contributed by atoms with Crippen molar-refractivity contribution in [1.29, 1.82) is 0 Å². The van der Waals surface area contributed by atoms with E-state index in [0.29, 0.717) is 51.2 Å². The molecule has 19 heavy (non-hydrogen) atoms. The van der Waals surface area contributed by atoms with Crippen LogP contribution in [0.25, 0.3) is 0 Å². The minimum atomic E-state index is -3.30. The maximum absolute atomic E-state index is 12.5. The van der Waals surface area contributed by atoms with Crippen LogP contribution in [0.3, 0.4) is 0 Å². The Morgan fingerprint density at radius 3 is 2.37 bits per heavy atom. The van der Waals surface area contributed by atoms with Crippen LogP contribution in [0.15, 0.2) is 0 Å². The average molecular weight is 312 g/mol. The molecule has 0 aromatic heterocycles. The summed E-state index contributed by atoms with van der Waals surface area (Å²) in [5.74, 6) is 0.830. The van der Waals surface area contributed by atoms with Crippen molar-refractivity contribution in [2.75, 3.05) is 39.4 Å². The Kier molecular flexibility index (Phi) is 4.75. The summed E-state index contributed by atoms with van der Waals surface area (Å²) >= 11 is 0. The smallest absolute Gasteiger partial charge is 0.282 e. The second-order valence-electron chi connectivity index (χ2n) is 5.50. The second kappa shape index (κ2) is 5.83. The molecule has 2 N–H and O–H groups in total. The number of nitrogens with two attached hydrogens (primary N) is 1. The van der Waals surface area contributed by atoms with Crippen LogP contribution in [0.2, 0.25) is 0 Å². The summed E-state index contributed by atoms with van der Waals surface area (Å²) in [6.45, 7) is 3.20. The predicted octanol–water partition coefficient (Wildman–Crippen LogP) is -0.346. The fourth-order valence-electron chi connectivity index (χ4n) is 3.40. The summed E-state index contributed by atoms with van der Waals surface area (Å²) in [6, 6.07) is 0.180. The molecule has 3 atom stereocenters. The molecular formula is C11H22ClN3O3S. The van der Waals surface area contributed by atoms with Gasteiger partial charge in [0.2, 0.25) is 0 Å². The number of hydrogen-bond donors (Lipinski definition) is 1. The van der Waals surface area contributed by atoms with Gasteiger partial charge in [-0.2, -0.15) is 17.0 Å². The molecule has 8 heteroatoms. The fourth-order valence-corrected chi connectivity index (χ4v) is 5.07. The average Bonchev–Trinajstić information content (AvgIpc) is 2.94. The zero-order chi connectivity index (χ0) is 12.8. The highest BCUT2D eigenvalue weighted by molar-refractivity contribution is 7.86. The zero-order valence-electron chi connectivity index (χ0n) is 10.9. The Labute approximate surface area is 120 Å². The van der Waals surface area contributed by atoms with Crippen LogP contribution in [-0.2, 0) is 14.9 Å². The molecule has 1 saturated carbocycles. The van der Waals surface area contributed by atoms with Crippen LogP contribution >= 0.6 is 12.4 Å². The molecule has 3 fully saturated rings. The Morgan fingerprint density at radius 1 is 1.05 bits per heavy atom. The normalized spacial score (nSPS) is 37.0. The van der Waals surface area contributed by atoms with Crippen LogP contribution in [0.4, 0.5) is 0 Å². The lowest BCUT2D eigenvalue weighted by molar-refractivity contribution is 0.0704. The first-order valence-electron chi connectivity index (χ1n) is 6.67. The number of nitrogens with zero attached hydrogens (tertiary/aromatic N) is 2. The van der Waals surface area contributed by atoms with E-state index < -0.39 is 10.2 Å². The lowest BCUT2D eigenvalue weighted by Gasteiger charge is -2.30. The van der Waals surface area contributed by atoms with Crippen LogP contribution < -0.4 is 5.73 Å². The van der Waals surface area contributed by atoms with Gasteiger partial charge < -0.3 is 10.5 Å². The number of rotatable bonds is 2. The van der Waals surface area contributed by atoms with Gasteiger partial charge in [0, 0.05) is 32.2 Å². The standard InChI is InChI=1S/C11H21N3O3S.ClH/c12-11-2-1-9-7-14(8-10(9)11)18(15,16)13-3-5-17-6-4-13;/h9-11H,1-8,12H2;1H. The van der Waals surface area contributed by atoms with E-state index in [1.807, 2.05) is 0 Å². The van der Waals surface area contributed by atoms with Gasteiger partial charge in [-0.05, 0) is 24.7 Å². The van der Waals surface area contributed by atoms with Gasteiger partial charge in [-0.15, -0.1) is 12.4 Å². The largest absolute Gasteiger partial charge is 0.379 e. The summed E-state index contributed by atoms with van der Waals surface area (Å²) in [5.41, 5.74) is 6.05. The Hall–Kier alpha value is 0.0800. The molecule has 3 aliphatic rings. The maximum atomic E-state index is 12.5. The minimum absolute atomic E-state index is 0. The van der Waals surface area contributed by atoms with Gasteiger partial charge in [-0.3, -0.25) is 0 Å². The molecule has 112 valence electrons. The van der Waals surface area contributed by atoms with Crippen molar-refractivity contribution in [3.63, 3.8) is 0 Å². The molecule has 2 saturated heterocycles. The van der Waals surface area contributed by atoms with Crippen molar-refractivity contribution >= 4 is 22.6 Å². The van der Waals surface area contributed by atoms with Gasteiger partial charge in [-0.1, -0.05) is 0 Å². The number of morpholine rings is 1. The van der Waals surface area contributed by atoms with Crippen molar-refractivity contribution in [1.82, 2.24) is 8.61 Å². The monoisotopic (exact) mass is 311 g/mol. The van der Waals surface area contributed by atoms with Gasteiger partial charge in [0.15, 0.2) is 0 Å². The molecule has 0 spiro atoms. The third kappa shape index (κ3) is 2.77. The number of ether oxygens (including phenoxy) is 1. The number of fused-ring (bicyclic) bond motifs is 1. The van der Waals surface area contributed by atoms with Gasteiger partial charge in [0.05, 0.1) is 13.2 Å². The Bertz CT molecular complexity index is 413. The molecule has 0 bridgehead atoms. The minimum Gasteiger partial charge on any atom is -0.379 e. The highest BCUT2D eigenvalue weighted by Gasteiger charge is 2.46. The van der Waals surface area contributed by atoms with Gasteiger partial charge >= 0.3 is 0 Å². The first-order valence-corrected chi connectivity index (χ1v) is 8.07. The van der Waals surface area contributed by atoms with Crippen molar-refractivity contribution in [2.24, 2.45) is 17.6 Å². The lowest BCUT2D eigenvalue weighted by atomic mass is 9.98. The highest BCUT2D eigenvalue weighted by atomic mass is 35.5. The summed E-state index contributed by atoms with van der Waals surface area (Å²) in [6.07, 6.45) is 2.11. The molecule has 2 heterocycles. The molecular weight excluding hydrogens is 290 g/mol. The maximum Gasteiger partial charge on any atom is 0.282 e. The van der Waals surface area contributed by atoms with E-state index in [4.69, 9.17) is 10.5 Å². The first-order chi connectivity index (χ1) is 8.59. The second-order valence-corrected chi connectivity index (χ2v) is 7.43. The highest BCUT2D eigenvalue weighted by Crippen LogP contribution is 2.38. The van der Waals surface area contributed by atoms with Crippen molar-refractivity contribution in [3.05, 3.63) is 0 Å². The summed E-state index contributed by atoms with van der Waals surface area (Å²) in [5, 5.41) is 0. The molecule has 0 amide bonds. The van der Waals surface area contributed by atoms with E-state index in [0.717, 1.165) is 12.8 Å². The third-order valence-corrected chi connectivity index (χ3v) is 6.47. The van der Waals surface area contributed by atoms with E-state index in [2.05, 4.69) is 0 Å². The lowest BCUT2D eigenvalue weighted by Crippen LogP contribution is -2.48. The van der Waals surface area contributed by atoms with E-state index in [9.17, 15) is 8.42 Å². The molecule has 2 aliphatic heterocycles. The van der Waals surface area contributed by atoms with Crippen LogP contribution in [0, 0.1) is 11.8 Å². The molecule has 6 nitrogen and oxygen atoms in total. The van der Waals surface area contributed by atoms with Crippen LogP contribution in [0.1, 0.15) is 12.8 Å². The van der Waals surface area contributed by atoms with Crippen molar-refractivity contribution in [2.45, 2.75) is 18.9 Å². The van der Waals surface area contributed by atoms with Gasteiger partial charge in [-0.25, -0.2) is 0 Å². The van der Waals surface area contributed by atoms with Gasteiger partial charge in [0.1, 0.15) is 0 Å². The predicted molar refractivity (Wildman–Crippen MR) is 74.3 cm³/mol. The van der Waals surface area contributed by atoms with E-state index >= 15 is 0 Å². The van der Waals surface area contributed by atoms with Gasteiger partial charge in [0.25, 0.3) is 10.2 Å². The number of hydrogen-bond acceptors (Lipinski definition) is 4. The summed E-state index contributed by atoms with van der Waals surface area (Å²) < 4.78 is 33.3. The fraction of sp³-hybridized carbons (Fsp3) is 1.00. The molecule has 0 aromatic carbocycles. The number of halogens is 1. The summed E-state index contributed by atoms with van der Waals surface area (Å²) in [4.78, 5) is 0. The third-order valence-electron chi connectivity index (χ3n) is 4.50. The van der Waals surface area contributed by atoms with Crippen molar-refractivity contribution in [3.8, 4) is 0 Å². The molecule has 1 aliphatic carbocycles. The van der Waals surface area contributed by atoms with Crippen LogP contribution in [-0.4, -0.2) is 62.5 Å². The first kappa shape index (κ1) is 15.5. The molecule has 0 radical (unpaired) electrons. The Balaban J connectivity index is 0.00000133. The molecule has 3 rings (SSSR count). The van der Waals surface area contributed by atoms with E-state index in [1.165, 1.54) is 0 Å². The molecule has 3 unspecified atom stereocenters. The van der Waals surface area contributed by atoms with Crippen molar-refractivity contribution < 1.29 is 13.2 Å². The quantitative estimate of drug-likeness (QED) is 0.756. The summed E-state index contributed by atoms with van der Waals surface area (Å²) in [7, 11) is -3.30. The zero-order valence-corrected chi connectivity index (χ0v) is 12.5.